The van der Waals surface area contributed by atoms with Gasteiger partial charge in [0.2, 0.25) is 5.91 Å². The first kappa shape index (κ1) is 10.5. The fraction of sp³-hybridized carbons (Fsp3) is 0.818. The van der Waals surface area contributed by atoms with E-state index in [9.17, 15) is 9.59 Å². The lowest BCUT2D eigenvalue weighted by Crippen LogP contribution is -2.42. The smallest absolute Gasteiger partial charge is 0.305 e. The van der Waals surface area contributed by atoms with E-state index in [2.05, 4.69) is 5.32 Å². The Bertz CT molecular complexity index is 303. The number of carboxylic acid groups (broad SMARTS) is 1. The average molecular weight is 211 g/mol. The minimum absolute atomic E-state index is 0.0680. The monoisotopic (exact) mass is 211 g/mol. The Morgan fingerprint density at radius 1 is 1.27 bits per heavy atom. The highest BCUT2D eigenvalue weighted by atomic mass is 16.4. The molecular weight excluding hydrogens is 194 g/mol. The maximum Gasteiger partial charge on any atom is 0.305 e. The van der Waals surface area contributed by atoms with E-state index in [1.165, 1.54) is 0 Å². The lowest BCUT2D eigenvalue weighted by Gasteiger charge is -2.19. The summed E-state index contributed by atoms with van der Waals surface area (Å²) in [5.41, 5.74) is -0.568. The van der Waals surface area contributed by atoms with Crippen molar-refractivity contribution in [2.24, 2.45) is 5.41 Å². The van der Waals surface area contributed by atoms with Crippen LogP contribution in [0.2, 0.25) is 0 Å². The predicted octanol–water partition coefficient (Wildman–Crippen LogP) is 1.30. The summed E-state index contributed by atoms with van der Waals surface area (Å²) in [6.07, 6.45) is 4.47. The minimum Gasteiger partial charge on any atom is -0.481 e. The molecule has 2 N–H and O–H groups in total. The zero-order valence-electron chi connectivity index (χ0n) is 9.01. The van der Waals surface area contributed by atoms with E-state index in [-0.39, 0.29) is 17.7 Å². The lowest BCUT2D eigenvalue weighted by molar-refractivity contribution is -0.138. The van der Waals surface area contributed by atoms with Gasteiger partial charge in [-0.1, -0.05) is 6.92 Å². The molecule has 0 aromatic carbocycles. The fourth-order valence-corrected chi connectivity index (χ4v) is 2.05. The van der Waals surface area contributed by atoms with Crippen molar-refractivity contribution in [2.45, 2.75) is 51.0 Å². The van der Waals surface area contributed by atoms with Crippen molar-refractivity contribution in [3.63, 3.8) is 0 Å². The third-order valence-corrected chi connectivity index (χ3v) is 3.73. The Morgan fingerprint density at radius 3 is 2.20 bits per heavy atom. The van der Waals surface area contributed by atoms with Crippen molar-refractivity contribution in [1.29, 1.82) is 0 Å². The topological polar surface area (TPSA) is 66.4 Å². The first-order valence-electron chi connectivity index (χ1n) is 5.56. The van der Waals surface area contributed by atoms with Gasteiger partial charge in [0, 0.05) is 5.41 Å². The van der Waals surface area contributed by atoms with Gasteiger partial charge < -0.3 is 10.4 Å². The van der Waals surface area contributed by atoms with E-state index >= 15 is 0 Å². The molecule has 0 unspecified atom stereocenters. The molecule has 0 spiro atoms. The highest BCUT2D eigenvalue weighted by Gasteiger charge is 2.53. The minimum atomic E-state index is -0.825. The van der Waals surface area contributed by atoms with Crippen molar-refractivity contribution in [1.82, 2.24) is 5.32 Å². The first-order valence-corrected chi connectivity index (χ1v) is 5.56. The Labute approximate surface area is 89.0 Å². The van der Waals surface area contributed by atoms with Gasteiger partial charge in [-0.25, -0.2) is 0 Å². The van der Waals surface area contributed by atoms with Crippen LogP contribution in [-0.4, -0.2) is 22.5 Å². The zero-order chi connectivity index (χ0) is 11.1. The average Bonchev–Trinajstić information content (AvgIpc) is 2.99. The van der Waals surface area contributed by atoms with Crippen LogP contribution in [0.5, 0.6) is 0 Å². The quantitative estimate of drug-likeness (QED) is 0.720. The SMILES string of the molecule is CCC1(C(=O)NC2(CC(=O)O)CC2)CC1. The largest absolute Gasteiger partial charge is 0.481 e. The fourth-order valence-electron chi connectivity index (χ4n) is 2.05. The number of aliphatic carboxylic acids is 1. The number of rotatable bonds is 5. The third-order valence-electron chi connectivity index (χ3n) is 3.73. The van der Waals surface area contributed by atoms with Crippen LogP contribution < -0.4 is 5.32 Å². The molecule has 0 atom stereocenters. The molecule has 0 heterocycles. The normalized spacial score (nSPS) is 24.3. The summed E-state index contributed by atoms with van der Waals surface area (Å²) >= 11 is 0. The predicted molar refractivity (Wildman–Crippen MR) is 54.3 cm³/mol. The molecule has 2 aliphatic rings. The highest BCUT2D eigenvalue weighted by Crippen LogP contribution is 2.50. The van der Waals surface area contributed by atoms with Crippen molar-refractivity contribution < 1.29 is 14.7 Å². The Morgan fingerprint density at radius 2 is 1.87 bits per heavy atom. The molecule has 0 aromatic rings. The molecular formula is C11H17NO3. The summed E-state index contributed by atoms with van der Waals surface area (Å²) in [6, 6.07) is 0. The molecule has 84 valence electrons. The van der Waals surface area contributed by atoms with E-state index in [1.807, 2.05) is 6.92 Å². The number of carbonyl (C=O) groups is 2. The van der Waals surface area contributed by atoms with E-state index in [1.54, 1.807) is 0 Å². The maximum absolute atomic E-state index is 11.9. The van der Waals surface area contributed by atoms with Crippen LogP contribution in [0.1, 0.15) is 45.4 Å². The summed E-state index contributed by atoms with van der Waals surface area (Å²) in [5.74, 6) is -0.752. The molecule has 15 heavy (non-hydrogen) atoms. The van der Waals surface area contributed by atoms with Gasteiger partial charge in [-0.2, -0.15) is 0 Å². The molecule has 2 fully saturated rings. The van der Waals surface area contributed by atoms with Gasteiger partial charge in [-0.3, -0.25) is 9.59 Å². The molecule has 2 aliphatic carbocycles. The molecule has 0 bridgehead atoms. The van der Waals surface area contributed by atoms with E-state index in [0.717, 1.165) is 32.1 Å². The molecule has 0 aliphatic heterocycles. The van der Waals surface area contributed by atoms with E-state index in [0.29, 0.717) is 0 Å². The second-order valence-corrected chi connectivity index (χ2v) is 4.94. The van der Waals surface area contributed by atoms with Crippen LogP contribution in [0.25, 0.3) is 0 Å². The van der Waals surface area contributed by atoms with Gasteiger partial charge in [0.15, 0.2) is 0 Å². The van der Waals surface area contributed by atoms with Gasteiger partial charge in [-0.15, -0.1) is 0 Å². The number of hydrogen-bond acceptors (Lipinski definition) is 2. The molecule has 0 aromatic heterocycles. The number of hydrogen-bond donors (Lipinski definition) is 2. The van der Waals surface area contributed by atoms with Crippen LogP contribution in [-0.2, 0) is 9.59 Å². The van der Waals surface area contributed by atoms with Gasteiger partial charge in [-0.05, 0) is 32.1 Å². The lowest BCUT2D eigenvalue weighted by atomic mass is 10.0. The Balaban J connectivity index is 1.92. The number of carbonyl (C=O) groups excluding carboxylic acids is 1. The highest BCUT2D eigenvalue weighted by molar-refractivity contribution is 5.86. The molecule has 2 saturated carbocycles. The van der Waals surface area contributed by atoms with Crippen LogP contribution in [0.4, 0.5) is 0 Å². The van der Waals surface area contributed by atoms with Crippen LogP contribution in [0.3, 0.4) is 0 Å². The molecule has 0 saturated heterocycles. The van der Waals surface area contributed by atoms with E-state index in [4.69, 9.17) is 5.11 Å². The second-order valence-electron chi connectivity index (χ2n) is 4.94. The molecule has 4 heteroatoms. The molecule has 4 nitrogen and oxygen atoms in total. The van der Waals surface area contributed by atoms with Crippen molar-refractivity contribution in [3.05, 3.63) is 0 Å². The molecule has 0 radical (unpaired) electrons. The molecule has 1 amide bonds. The van der Waals surface area contributed by atoms with Crippen LogP contribution >= 0.6 is 0 Å². The standard InChI is InChI=1S/C11H17NO3/c1-2-10(3-4-10)9(15)12-11(5-6-11)7-8(13)14/h2-7H2,1H3,(H,12,15)(H,13,14). The van der Waals surface area contributed by atoms with Gasteiger partial charge in [0.25, 0.3) is 0 Å². The Kier molecular flexibility index (Phi) is 2.24. The van der Waals surface area contributed by atoms with E-state index < -0.39 is 11.5 Å². The van der Waals surface area contributed by atoms with Crippen LogP contribution in [0, 0.1) is 5.41 Å². The second kappa shape index (κ2) is 3.22. The third kappa shape index (κ3) is 1.98. The maximum atomic E-state index is 11.9. The van der Waals surface area contributed by atoms with Crippen molar-refractivity contribution >= 4 is 11.9 Å². The summed E-state index contributed by atoms with van der Waals surface area (Å²) < 4.78 is 0. The summed E-state index contributed by atoms with van der Waals surface area (Å²) in [4.78, 5) is 22.5. The molecule has 2 rings (SSSR count). The Hall–Kier alpha value is -1.06. The zero-order valence-corrected chi connectivity index (χ0v) is 9.01. The van der Waals surface area contributed by atoms with Gasteiger partial charge >= 0.3 is 5.97 Å². The number of amides is 1. The summed E-state index contributed by atoms with van der Waals surface area (Å²) in [6.45, 7) is 2.02. The van der Waals surface area contributed by atoms with Crippen molar-refractivity contribution in [3.8, 4) is 0 Å². The number of carboxylic acids is 1. The first-order chi connectivity index (χ1) is 7.02. The van der Waals surface area contributed by atoms with Gasteiger partial charge in [0.1, 0.15) is 0 Å². The summed E-state index contributed by atoms with van der Waals surface area (Å²) in [5, 5.41) is 11.7. The van der Waals surface area contributed by atoms with Crippen LogP contribution in [0.15, 0.2) is 0 Å². The van der Waals surface area contributed by atoms with Gasteiger partial charge in [0.05, 0.1) is 12.0 Å². The number of nitrogens with one attached hydrogen (secondary N) is 1. The summed E-state index contributed by atoms with van der Waals surface area (Å²) in [7, 11) is 0. The van der Waals surface area contributed by atoms with Crippen molar-refractivity contribution in [2.75, 3.05) is 0 Å².